The number of amides is 1. The van der Waals surface area contributed by atoms with Gasteiger partial charge < -0.3 is 15.8 Å². The second kappa shape index (κ2) is 10.6. The van der Waals surface area contributed by atoms with E-state index in [2.05, 4.69) is 30.2 Å². The Morgan fingerprint density at radius 2 is 1.95 bits per heavy atom. The number of anilines is 3. The summed E-state index contributed by atoms with van der Waals surface area (Å²) in [5.74, 6) is -0.623. The van der Waals surface area contributed by atoms with Crippen LogP contribution in [0.2, 0.25) is 0 Å². The molecular weight excluding hydrogens is 501 g/mol. The molecule has 0 saturated carbocycles. The predicted octanol–water partition coefficient (Wildman–Crippen LogP) is 3.75. The third-order valence-electron chi connectivity index (χ3n) is 5.38. The molecule has 2 aromatic heterocycles. The molecule has 5 N–H and O–H groups in total. The Morgan fingerprint density at radius 3 is 2.59 bits per heavy atom. The number of halogens is 1. The van der Waals surface area contributed by atoms with E-state index in [0.717, 1.165) is 0 Å². The molecule has 4 aromatic rings. The van der Waals surface area contributed by atoms with E-state index in [0.29, 0.717) is 16.9 Å². The molecule has 11 nitrogen and oxygen atoms in total. The van der Waals surface area contributed by atoms with Crippen LogP contribution in [0.4, 0.5) is 21.7 Å². The van der Waals surface area contributed by atoms with Crippen molar-refractivity contribution in [1.82, 2.24) is 20.2 Å². The maximum absolute atomic E-state index is 13.4. The molecule has 37 heavy (non-hydrogen) atoms. The van der Waals surface area contributed by atoms with Crippen LogP contribution in [-0.4, -0.2) is 40.2 Å². The molecule has 1 atom stereocenters. The van der Waals surface area contributed by atoms with Crippen molar-refractivity contribution in [3.8, 4) is 17.0 Å². The first-order valence-corrected chi connectivity index (χ1v) is 12.8. The zero-order valence-corrected chi connectivity index (χ0v) is 20.7. The van der Waals surface area contributed by atoms with E-state index in [1.54, 1.807) is 31.2 Å². The lowest BCUT2D eigenvalue weighted by Crippen LogP contribution is -2.16. The lowest BCUT2D eigenvalue weighted by atomic mass is 10.1. The number of ether oxygens (including phenoxy) is 1. The average molecular weight is 526 g/mol. The van der Waals surface area contributed by atoms with Crippen molar-refractivity contribution in [2.24, 2.45) is 5.73 Å². The number of nitrogens with two attached hydrogens (primary N) is 1. The number of hydrogen-bond acceptors (Lipinski definition) is 8. The third kappa shape index (κ3) is 6.01. The van der Waals surface area contributed by atoms with Gasteiger partial charge in [0.2, 0.25) is 10.0 Å². The minimum Gasteiger partial charge on any atom is -0.484 e. The molecule has 0 radical (unpaired) electrons. The number of primary amides is 1. The Balaban J connectivity index is 1.75. The van der Waals surface area contributed by atoms with E-state index in [1.807, 2.05) is 0 Å². The Kier molecular flexibility index (Phi) is 7.34. The summed E-state index contributed by atoms with van der Waals surface area (Å²) in [6.45, 7) is 3.25. The van der Waals surface area contributed by atoms with Crippen molar-refractivity contribution in [3.05, 3.63) is 78.0 Å². The fraction of sp³-hybridized carbons (Fsp3) is 0.167. The Morgan fingerprint density at radius 1 is 1.19 bits per heavy atom. The summed E-state index contributed by atoms with van der Waals surface area (Å²) < 4.78 is 46.5. The lowest BCUT2D eigenvalue weighted by Gasteiger charge is -2.19. The summed E-state index contributed by atoms with van der Waals surface area (Å²) in [6, 6.07) is 10.4. The van der Waals surface area contributed by atoms with Crippen molar-refractivity contribution < 1.29 is 22.3 Å². The number of rotatable bonds is 10. The molecule has 0 aliphatic carbocycles. The normalized spacial score (nSPS) is 12.1. The number of benzene rings is 2. The number of aromatic nitrogens is 4. The molecule has 2 aromatic carbocycles. The number of H-pyrrole nitrogens is 1. The summed E-state index contributed by atoms with van der Waals surface area (Å²) in [4.78, 5) is 20.4. The molecule has 192 valence electrons. The molecular formula is C24H24FN7O4S. The van der Waals surface area contributed by atoms with Gasteiger partial charge >= 0.3 is 0 Å². The minimum absolute atomic E-state index is 0.0603. The first-order chi connectivity index (χ1) is 17.7. The number of nitrogens with zero attached hydrogens (tertiary/aromatic N) is 3. The second-order valence-electron chi connectivity index (χ2n) is 7.93. The van der Waals surface area contributed by atoms with Gasteiger partial charge in [0.15, 0.2) is 5.82 Å². The predicted molar refractivity (Wildman–Crippen MR) is 136 cm³/mol. The van der Waals surface area contributed by atoms with E-state index < -0.39 is 27.9 Å². The smallest absolute Gasteiger partial charge is 0.254 e. The maximum Gasteiger partial charge on any atom is 0.254 e. The van der Waals surface area contributed by atoms with Gasteiger partial charge in [-0.3, -0.25) is 19.6 Å². The Labute approximate surface area is 212 Å². The van der Waals surface area contributed by atoms with Gasteiger partial charge in [-0.25, -0.2) is 17.8 Å². The fourth-order valence-corrected chi connectivity index (χ4v) is 4.11. The first kappa shape index (κ1) is 25.6. The van der Waals surface area contributed by atoms with Gasteiger partial charge in [0.05, 0.1) is 23.3 Å². The summed E-state index contributed by atoms with van der Waals surface area (Å²) in [7, 11) is -3.63. The number of carbonyl (C=O) groups excluding carboxylic acids is 1. The summed E-state index contributed by atoms with van der Waals surface area (Å²) in [5.41, 5.74) is 7.32. The van der Waals surface area contributed by atoms with Crippen LogP contribution >= 0.6 is 0 Å². The van der Waals surface area contributed by atoms with Gasteiger partial charge in [-0.2, -0.15) is 5.10 Å². The standard InChI is InChI=1S/C24H24FN7O4S/c1-3-37(34,35)32-18-9-6-16(12-19(18)36-14(2)15-4-7-17(25)8-5-15)22-21(23(26)33)24(31-30-22)29-20-13-27-10-11-28-20/h4-14,32H,3H2,1-2H3,(H2,26,33)(H2,28,29,30,31). The van der Waals surface area contributed by atoms with Crippen molar-refractivity contribution in [1.29, 1.82) is 0 Å². The van der Waals surface area contributed by atoms with Gasteiger partial charge in [0.25, 0.3) is 5.91 Å². The average Bonchev–Trinajstić information content (AvgIpc) is 3.29. The molecule has 2 heterocycles. The monoisotopic (exact) mass is 525 g/mol. The van der Waals surface area contributed by atoms with Gasteiger partial charge in [-0.1, -0.05) is 18.2 Å². The van der Waals surface area contributed by atoms with Crippen molar-refractivity contribution >= 4 is 33.3 Å². The van der Waals surface area contributed by atoms with E-state index in [4.69, 9.17) is 10.5 Å². The van der Waals surface area contributed by atoms with Gasteiger partial charge in [0.1, 0.15) is 29.1 Å². The molecule has 0 spiro atoms. The van der Waals surface area contributed by atoms with Crippen molar-refractivity contribution in [3.63, 3.8) is 0 Å². The lowest BCUT2D eigenvalue weighted by molar-refractivity contribution is 0.100. The largest absolute Gasteiger partial charge is 0.484 e. The van der Waals surface area contributed by atoms with E-state index in [-0.39, 0.29) is 34.3 Å². The van der Waals surface area contributed by atoms with Gasteiger partial charge in [-0.15, -0.1) is 0 Å². The fourth-order valence-electron chi connectivity index (χ4n) is 3.46. The zero-order valence-electron chi connectivity index (χ0n) is 19.9. The van der Waals surface area contributed by atoms with Crippen LogP contribution in [0.3, 0.4) is 0 Å². The van der Waals surface area contributed by atoms with Crippen LogP contribution in [0.1, 0.15) is 35.9 Å². The highest BCUT2D eigenvalue weighted by Crippen LogP contribution is 2.36. The number of hydrogen-bond donors (Lipinski definition) is 4. The highest BCUT2D eigenvalue weighted by atomic mass is 32.2. The molecule has 0 bridgehead atoms. The molecule has 13 heteroatoms. The van der Waals surface area contributed by atoms with Crippen LogP contribution in [0.25, 0.3) is 11.3 Å². The maximum atomic E-state index is 13.4. The highest BCUT2D eigenvalue weighted by molar-refractivity contribution is 7.92. The van der Waals surface area contributed by atoms with Crippen LogP contribution < -0.4 is 20.5 Å². The van der Waals surface area contributed by atoms with Crippen LogP contribution in [0, 0.1) is 5.82 Å². The molecule has 0 aliphatic heterocycles. The van der Waals surface area contributed by atoms with E-state index in [9.17, 15) is 17.6 Å². The molecule has 4 rings (SSSR count). The first-order valence-electron chi connectivity index (χ1n) is 11.1. The number of nitrogens with one attached hydrogen (secondary N) is 3. The molecule has 1 unspecified atom stereocenters. The van der Waals surface area contributed by atoms with Crippen LogP contribution in [0.15, 0.2) is 61.1 Å². The summed E-state index contributed by atoms with van der Waals surface area (Å²) in [5, 5.41) is 9.85. The summed E-state index contributed by atoms with van der Waals surface area (Å²) in [6.07, 6.45) is 3.86. The number of aromatic amines is 1. The topological polar surface area (TPSA) is 165 Å². The Hall–Kier alpha value is -4.52. The minimum atomic E-state index is -3.63. The van der Waals surface area contributed by atoms with Crippen LogP contribution in [-0.2, 0) is 10.0 Å². The van der Waals surface area contributed by atoms with Gasteiger partial charge in [0, 0.05) is 18.0 Å². The van der Waals surface area contributed by atoms with Gasteiger partial charge in [-0.05, 0) is 43.7 Å². The molecule has 0 aliphatic rings. The molecule has 0 saturated heterocycles. The number of carbonyl (C=O) groups is 1. The zero-order chi connectivity index (χ0) is 26.6. The quantitative estimate of drug-likeness (QED) is 0.243. The number of sulfonamides is 1. The molecule has 1 amide bonds. The van der Waals surface area contributed by atoms with E-state index >= 15 is 0 Å². The van der Waals surface area contributed by atoms with Crippen molar-refractivity contribution in [2.75, 3.05) is 15.8 Å². The van der Waals surface area contributed by atoms with E-state index in [1.165, 1.54) is 43.7 Å². The summed E-state index contributed by atoms with van der Waals surface area (Å²) >= 11 is 0. The second-order valence-corrected chi connectivity index (χ2v) is 9.94. The highest BCUT2D eigenvalue weighted by Gasteiger charge is 2.22. The van der Waals surface area contributed by atoms with Crippen molar-refractivity contribution in [2.45, 2.75) is 20.0 Å². The third-order valence-corrected chi connectivity index (χ3v) is 6.67. The Bertz CT molecular complexity index is 1510. The SMILES string of the molecule is CCS(=O)(=O)Nc1ccc(-c2[nH]nc(Nc3cnccn3)c2C(N)=O)cc1OC(C)c1ccc(F)cc1. The molecule has 0 fully saturated rings. The van der Waals surface area contributed by atoms with Crippen LogP contribution in [0.5, 0.6) is 5.75 Å².